The second kappa shape index (κ2) is 32.9. The van der Waals surface area contributed by atoms with Crippen molar-refractivity contribution in [3.63, 3.8) is 0 Å². The van der Waals surface area contributed by atoms with Crippen molar-refractivity contribution in [3.8, 4) is 102 Å². The quantitative estimate of drug-likeness (QED) is 0.0681. The maximum absolute atomic E-state index is 14.7. The molecule has 14 aromatic carbocycles. The molecule has 110 heavy (non-hydrogen) atoms. The molecule has 1 aliphatic heterocycles. The van der Waals surface area contributed by atoms with Crippen LogP contribution in [0.25, 0.3) is 102 Å². The molecule has 1 aliphatic rings. The standard InChI is InChI=1S/C45H32N3OP.C33H30BN3O2.C18H14BrOP/c49-50(40-17-9-3-10-18-40,41-19-11-4-12-20-41)42-31-29-36(30-32-42)34-23-21-33(22-24-34)35-25-27-39(28-26-35)45-47-43(37-13-5-1-6-14-37)46-44(48-45)38-15-7-2-8-16-38;1-32(2)33(3,4)39-34(38-32)28-21-19-24(20-22-28)23-15-17-27(18-16-23)31-36-29(25-11-7-5-8-12-25)35-30(37-31)26-13-9-6-10-14-26;19-15-11-13-18(14-12-15)21(20,16-7-3-1-4-8-16)17-9-5-2-6-10-17/h1-32H;5-22H,1-4H3;1-14H. The Balaban J connectivity index is 0.000000142. The van der Waals surface area contributed by atoms with Gasteiger partial charge in [-0.3, -0.25) is 0 Å². The van der Waals surface area contributed by atoms with E-state index in [2.05, 4.69) is 153 Å². The summed E-state index contributed by atoms with van der Waals surface area (Å²) in [5, 5.41) is 5.05. The van der Waals surface area contributed by atoms with Crippen molar-refractivity contribution in [3.05, 3.63) is 393 Å². The summed E-state index contributed by atoms with van der Waals surface area (Å²) in [6.45, 7) is 8.28. The number of nitrogens with zero attached hydrogens (tertiary/aromatic N) is 6. The zero-order chi connectivity index (χ0) is 75.5. The molecule has 10 nitrogen and oxygen atoms in total. The first-order chi connectivity index (χ1) is 53.6. The minimum Gasteiger partial charge on any atom is -0.399 e. The van der Waals surface area contributed by atoms with E-state index < -0.39 is 14.3 Å². The smallest absolute Gasteiger partial charge is 0.399 e. The lowest BCUT2D eigenvalue weighted by atomic mass is 9.78. The first-order valence-electron chi connectivity index (χ1n) is 36.5. The minimum absolute atomic E-state index is 0.359. The molecule has 0 radical (unpaired) electrons. The van der Waals surface area contributed by atoms with Gasteiger partial charge in [-0.25, -0.2) is 29.9 Å². The topological polar surface area (TPSA) is 130 Å². The second-order valence-corrected chi connectivity index (χ2v) is 34.1. The average molecular weight is 1530 g/mol. The van der Waals surface area contributed by atoms with Gasteiger partial charge in [0, 0.05) is 69.7 Å². The summed E-state index contributed by atoms with van der Waals surface area (Å²) < 4.78 is 42.0. The van der Waals surface area contributed by atoms with Crippen molar-refractivity contribution < 1.29 is 18.4 Å². The van der Waals surface area contributed by atoms with Crippen LogP contribution in [0.2, 0.25) is 0 Å². The van der Waals surface area contributed by atoms with Gasteiger partial charge >= 0.3 is 7.12 Å². The number of benzene rings is 14. The summed E-state index contributed by atoms with van der Waals surface area (Å²) in [6.07, 6.45) is 0. The Morgan fingerprint density at radius 2 is 0.400 bits per heavy atom. The van der Waals surface area contributed by atoms with Gasteiger partial charge in [0.15, 0.2) is 49.2 Å². The van der Waals surface area contributed by atoms with E-state index in [0.29, 0.717) is 34.9 Å². The molecule has 1 fully saturated rings. The largest absolute Gasteiger partial charge is 0.494 e. The fourth-order valence-electron chi connectivity index (χ4n) is 13.1. The molecular formula is C96H76BBrN6O4P2. The van der Waals surface area contributed by atoms with Crippen molar-refractivity contribution in [1.29, 1.82) is 0 Å². The zero-order valence-electron chi connectivity index (χ0n) is 61.1. The molecule has 0 amide bonds. The third kappa shape index (κ3) is 16.2. The molecule has 16 aromatic rings. The Bertz CT molecular complexity index is 5640. The number of rotatable bonds is 16. The minimum atomic E-state index is -3.01. The van der Waals surface area contributed by atoms with Gasteiger partial charge in [0.1, 0.15) is 0 Å². The molecule has 0 aliphatic carbocycles. The lowest BCUT2D eigenvalue weighted by Gasteiger charge is -2.32. The Morgan fingerprint density at radius 1 is 0.227 bits per heavy atom. The van der Waals surface area contributed by atoms with Gasteiger partial charge in [-0.1, -0.05) is 380 Å². The molecule has 0 unspecified atom stereocenters. The SMILES string of the molecule is CC1(C)OB(c2ccc(-c3ccc(-c4nc(-c5ccccc5)nc(-c5ccccc5)n4)cc3)cc2)OC1(C)C.O=P(c1ccccc1)(c1ccccc1)c1ccc(-c2ccc(-c3ccc(-c4nc(-c5ccccc5)nc(-c5ccccc5)n4)cc3)cc2)cc1.O=P(c1ccccc1)(c1ccccc1)c1ccc(Br)cc1. The number of hydrogen-bond acceptors (Lipinski definition) is 10. The van der Waals surface area contributed by atoms with Crippen LogP contribution in [-0.4, -0.2) is 48.2 Å². The van der Waals surface area contributed by atoms with Crippen LogP contribution in [-0.2, 0) is 18.4 Å². The predicted molar refractivity (Wildman–Crippen MR) is 457 cm³/mol. The summed E-state index contributed by atoms with van der Waals surface area (Å²) in [7, 11) is -6.20. The van der Waals surface area contributed by atoms with E-state index in [1.807, 2.05) is 279 Å². The van der Waals surface area contributed by atoms with E-state index in [-0.39, 0.29) is 18.3 Å². The maximum Gasteiger partial charge on any atom is 0.494 e. The van der Waals surface area contributed by atoms with E-state index in [1.165, 1.54) is 0 Å². The highest BCUT2D eigenvalue weighted by molar-refractivity contribution is 9.10. The van der Waals surface area contributed by atoms with Gasteiger partial charge in [-0.15, -0.1) is 0 Å². The van der Waals surface area contributed by atoms with Gasteiger partial charge in [-0.05, 0) is 90.8 Å². The van der Waals surface area contributed by atoms with Crippen LogP contribution in [0.5, 0.6) is 0 Å². The number of halogens is 1. The third-order valence-electron chi connectivity index (χ3n) is 19.9. The lowest BCUT2D eigenvalue weighted by molar-refractivity contribution is 0.00578. The lowest BCUT2D eigenvalue weighted by Crippen LogP contribution is -2.41. The van der Waals surface area contributed by atoms with E-state index in [9.17, 15) is 9.13 Å². The van der Waals surface area contributed by atoms with Gasteiger partial charge in [0.05, 0.1) is 11.2 Å². The van der Waals surface area contributed by atoms with Crippen LogP contribution in [0, 0.1) is 0 Å². The summed E-state index contributed by atoms with van der Waals surface area (Å²) in [5.74, 6) is 3.87. The molecule has 3 heterocycles. The summed E-state index contributed by atoms with van der Waals surface area (Å²) in [4.78, 5) is 29.0. The van der Waals surface area contributed by atoms with Crippen molar-refractivity contribution in [1.82, 2.24) is 29.9 Å². The highest BCUT2D eigenvalue weighted by Crippen LogP contribution is 2.45. The number of hydrogen-bond donors (Lipinski definition) is 0. The Labute approximate surface area is 651 Å². The molecule has 0 bridgehead atoms. The summed E-state index contributed by atoms with van der Waals surface area (Å²) in [5.41, 5.74) is 12.6. The molecule has 2 aromatic heterocycles. The summed E-state index contributed by atoms with van der Waals surface area (Å²) >= 11 is 3.43. The molecule has 17 rings (SSSR count). The van der Waals surface area contributed by atoms with Crippen molar-refractivity contribution in [2.45, 2.75) is 38.9 Å². The Kier molecular flexibility index (Phi) is 22.0. The van der Waals surface area contributed by atoms with Crippen molar-refractivity contribution >= 4 is 74.6 Å². The van der Waals surface area contributed by atoms with E-state index >= 15 is 0 Å². The van der Waals surface area contributed by atoms with Crippen LogP contribution in [0.4, 0.5) is 0 Å². The van der Waals surface area contributed by atoms with Gasteiger partial charge in [0.2, 0.25) is 0 Å². The van der Waals surface area contributed by atoms with Crippen LogP contribution < -0.4 is 37.3 Å². The molecule has 0 N–H and O–H groups in total. The summed E-state index contributed by atoms with van der Waals surface area (Å²) in [6, 6.07) is 129. The fraction of sp³-hybridized carbons (Fsp3) is 0.0625. The zero-order valence-corrected chi connectivity index (χ0v) is 64.5. The molecule has 0 atom stereocenters. The first kappa shape index (κ1) is 73.5. The second-order valence-electron chi connectivity index (χ2n) is 27.6. The van der Waals surface area contributed by atoms with Crippen LogP contribution in [0.1, 0.15) is 27.7 Å². The molecule has 0 spiro atoms. The highest BCUT2D eigenvalue weighted by Gasteiger charge is 2.51. The fourth-order valence-corrected chi connectivity index (χ4v) is 18.7. The molecule has 14 heteroatoms. The van der Waals surface area contributed by atoms with Gasteiger partial charge in [0.25, 0.3) is 0 Å². The first-order valence-corrected chi connectivity index (χ1v) is 40.7. The Morgan fingerprint density at radius 3 is 0.636 bits per heavy atom. The molecule has 1 saturated heterocycles. The monoisotopic (exact) mass is 1530 g/mol. The third-order valence-corrected chi connectivity index (χ3v) is 26.6. The van der Waals surface area contributed by atoms with Crippen LogP contribution in [0.3, 0.4) is 0 Å². The van der Waals surface area contributed by atoms with Crippen molar-refractivity contribution in [2.24, 2.45) is 0 Å². The highest BCUT2D eigenvalue weighted by atomic mass is 79.9. The average Bonchev–Trinajstić information content (AvgIpc) is 1.16. The molecular weight excluding hydrogens is 1450 g/mol. The maximum atomic E-state index is 14.7. The van der Waals surface area contributed by atoms with Gasteiger partial charge < -0.3 is 18.4 Å². The van der Waals surface area contributed by atoms with Crippen LogP contribution >= 0.6 is 30.2 Å². The van der Waals surface area contributed by atoms with E-state index in [1.54, 1.807) is 0 Å². The van der Waals surface area contributed by atoms with Crippen LogP contribution in [0.15, 0.2) is 393 Å². The Hall–Kier alpha value is -12.0. The normalized spacial score (nSPS) is 12.9. The predicted octanol–water partition coefficient (Wildman–Crippen LogP) is 20.8. The molecule has 0 saturated carbocycles. The van der Waals surface area contributed by atoms with E-state index in [0.717, 1.165) is 109 Å². The van der Waals surface area contributed by atoms with Crippen molar-refractivity contribution in [2.75, 3.05) is 0 Å². The van der Waals surface area contributed by atoms with Gasteiger partial charge in [-0.2, -0.15) is 0 Å². The number of aromatic nitrogens is 6. The van der Waals surface area contributed by atoms with E-state index in [4.69, 9.17) is 39.2 Å². The molecule has 534 valence electrons.